The topological polar surface area (TPSA) is 17.1 Å². The number of benzene rings is 2. The lowest BCUT2D eigenvalue weighted by Crippen LogP contribution is -1.93. The van der Waals surface area contributed by atoms with Gasteiger partial charge in [-0.25, -0.2) is 4.39 Å². The molecular formula is C20H21FOS. The molecule has 120 valence electrons. The van der Waals surface area contributed by atoms with Crippen LogP contribution in [0.5, 0.6) is 0 Å². The van der Waals surface area contributed by atoms with Gasteiger partial charge in [0, 0.05) is 10.5 Å². The number of thioether (sulfide) groups is 1. The average Bonchev–Trinajstić information content (AvgIpc) is 2.57. The van der Waals surface area contributed by atoms with Crippen LogP contribution in [-0.4, -0.2) is 11.5 Å². The van der Waals surface area contributed by atoms with E-state index in [9.17, 15) is 9.18 Å². The van der Waals surface area contributed by atoms with Crippen LogP contribution in [0.4, 0.5) is 4.39 Å². The minimum Gasteiger partial charge on any atom is -0.289 e. The van der Waals surface area contributed by atoms with E-state index in [-0.39, 0.29) is 11.6 Å². The fraction of sp³-hybridized carbons (Fsp3) is 0.250. The first-order valence-electron chi connectivity index (χ1n) is 7.90. The molecule has 0 aliphatic rings. The van der Waals surface area contributed by atoms with Crippen molar-refractivity contribution in [3.8, 4) is 0 Å². The van der Waals surface area contributed by atoms with E-state index < -0.39 is 0 Å². The molecule has 23 heavy (non-hydrogen) atoms. The standard InChI is InChI=1S/C20H21FOS/c1-2-3-4-14-23-19-11-9-17(10-12-19)20(22)13-8-16-6-5-7-18(21)15-16/h5-13,15H,2-4,14H2,1H3. The predicted molar refractivity (Wildman–Crippen MR) is 96.5 cm³/mol. The molecule has 0 saturated heterocycles. The molecule has 0 amide bonds. The van der Waals surface area contributed by atoms with Crippen molar-refractivity contribution in [2.45, 2.75) is 31.1 Å². The Kier molecular flexibility index (Phi) is 7.08. The maximum Gasteiger partial charge on any atom is 0.185 e. The van der Waals surface area contributed by atoms with E-state index in [0.717, 1.165) is 5.75 Å². The number of unbranched alkanes of at least 4 members (excludes halogenated alkanes) is 2. The van der Waals surface area contributed by atoms with Crippen LogP contribution in [0.3, 0.4) is 0 Å². The minimum absolute atomic E-state index is 0.0724. The summed E-state index contributed by atoms with van der Waals surface area (Å²) in [7, 11) is 0. The molecule has 0 aliphatic carbocycles. The van der Waals surface area contributed by atoms with E-state index >= 15 is 0 Å². The van der Waals surface area contributed by atoms with E-state index in [1.54, 1.807) is 18.2 Å². The largest absolute Gasteiger partial charge is 0.289 e. The summed E-state index contributed by atoms with van der Waals surface area (Å²) in [6.07, 6.45) is 6.83. The van der Waals surface area contributed by atoms with Crippen LogP contribution < -0.4 is 0 Å². The second-order valence-corrected chi connectivity index (χ2v) is 6.50. The van der Waals surface area contributed by atoms with E-state index in [4.69, 9.17) is 0 Å². The van der Waals surface area contributed by atoms with Crippen LogP contribution in [0.15, 0.2) is 59.5 Å². The van der Waals surface area contributed by atoms with Gasteiger partial charge in [0.25, 0.3) is 0 Å². The van der Waals surface area contributed by atoms with Gasteiger partial charge in [0.2, 0.25) is 0 Å². The highest BCUT2D eigenvalue weighted by Gasteiger charge is 2.02. The molecule has 0 aliphatic heterocycles. The van der Waals surface area contributed by atoms with Crippen LogP contribution >= 0.6 is 11.8 Å². The Balaban J connectivity index is 1.92. The Hall–Kier alpha value is -1.87. The maximum atomic E-state index is 13.1. The number of carbonyl (C=O) groups excluding carboxylic acids is 1. The van der Waals surface area contributed by atoms with Crippen LogP contribution in [0.25, 0.3) is 6.08 Å². The summed E-state index contributed by atoms with van der Waals surface area (Å²) in [6.45, 7) is 2.20. The number of ketones is 1. The second kappa shape index (κ2) is 9.31. The first kappa shape index (κ1) is 17.5. The van der Waals surface area contributed by atoms with Crippen LogP contribution in [0.1, 0.15) is 42.1 Å². The zero-order chi connectivity index (χ0) is 16.5. The lowest BCUT2D eigenvalue weighted by molar-refractivity contribution is 0.104. The maximum absolute atomic E-state index is 13.1. The van der Waals surface area contributed by atoms with Gasteiger partial charge in [-0.2, -0.15) is 0 Å². The van der Waals surface area contributed by atoms with Gasteiger partial charge in [-0.1, -0.05) is 38.0 Å². The molecule has 0 bridgehead atoms. The highest BCUT2D eigenvalue weighted by atomic mass is 32.2. The average molecular weight is 328 g/mol. The molecule has 2 rings (SSSR count). The minimum atomic E-state index is -0.302. The quantitative estimate of drug-likeness (QED) is 0.256. The molecule has 3 heteroatoms. The summed E-state index contributed by atoms with van der Waals surface area (Å²) in [6, 6.07) is 13.9. The summed E-state index contributed by atoms with van der Waals surface area (Å²) in [5.41, 5.74) is 1.33. The van der Waals surface area contributed by atoms with E-state index in [0.29, 0.717) is 11.1 Å². The van der Waals surface area contributed by atoms with Crippen molar-refractivity contribution in [1.82, 2.24) is 0 Å². The van der Waals surface area contributed by atoms with Crippen LogP contribution in [-0.2, 0) is 0 Å². The Labute approximate surface area is 141 Å². The molecule has 0 atom stereocenters. The van der Waals surface area contributed by atoms with Crippen LogP contribution in [0.2, 0.25) is 0 Å². The summed E-state index contributed by atoms with van der Waals surface area (Å²) in [5, 5.41) is 0. The smallest absolute Gasteiger partial charge is 0.185 e. The van der Waals surface area contributed by atoms with Gasteiger partial charge < -0.3 is 0 Å². The summed E-state index contributed by atoms with van der Waals surface area (Å²) in [5.74, 6) is 0.737. The third kappa shape index (κ3) is 6.03. The Morgan fingerprint density at radius 1 is 1.13 bits per heavy atom. The Morgan fingerprint density at radius 2 is 1.91 bits per heavy atom. The Bertz CT molecular complexity index is 662. The molecule has 0 heterocycles. The number of hydrogen-bond acceptors (Lipinski definition) is 2. The van der Waals surface area contributed by atoms with E-state index in [2.05, 4.69) is 6.92 Å². The molecule has 0 N–H and O–H groups in total. The van der Waals surface area contributed by atoms with Crippen molar-refractivity contribution in [2.75, 3.05) is 5.75 Å². The van der Waals surface area contributed by atoms with Gasteiger partial charge in [0.05, 0.1) is 0 Å². The normalized spacial score (nSPS) is 11.0. The van der Waals surface area contributed by atoms with Gasteiger partial charge >= 0.3 is 0 Å². The number of halogens is 1. The van der Waals surface area contributed by atoms with Crippen molar-refractivity contribution >= 4 is 23.6 Å². The van der Waals surface area contributed by atoms with Crippen molar-refractivity contribution in [3.63, 3.8) is 0 Å². The first-order chi connectivity index (χ1) is 11.2. The molecule has 0 aromatic heterocycles. The van der Waals surface area contributed by atoms with Crippen molar-refractivity contribution in [3.05, 3.63) is 71.6 Å². The number of allylic oxidation sites excluding steroid dienone is 1. The molecule has 2 aromatic rings. The number of rotatable bonds is 8. The molecule has 0 fully saturated rings. The van der Waals surface area contributed by atoms with Crippen molar-refractivity contribution in [2.24, 2.45) is 0 Å². The molecular weight excluding hydrogens is 307 g/mol. The van der Waals surface area contributed by atoms with Crippen molar-refractivity contribution in [1.29, 1.82) is 0 Å². The molecule has 0 saturated carbocycles. The first-order valence-corrected chi connectivity index (χ1v) is 8.88. The van der Waals surface area contributed by atoms with Crippen LogP contribution in [0, 0.1) is 5.82 Å². The lowest BCUT2D eigenvalue weighted by Gasteiger charge is -2.02. The van der Waals surface area contributed by atoms with E-state index in [1.165, 1.54) is 42.4 Å². The summed E-state index contributed by atoms with van der Waals surface area (Å²) < 4.78 is 13.1. The molecule has 2 aromatic carbocycles. The third-order valence-electron chi connectivity index (χ3n) is 3.43. The highest BCUT2D eigenvalue weighted by molar-refractivity contribution is 7.99. The lowest BCUT2D eigenvalue weighted by atomic mass is 10.1. The van der Waals surface area contributed by atoms with E-state index in [1.807, 2.05) is 36.0 Å². The summed E-state index contributed by atoms with van der Waals surface area (Å²) >= 11 is 1.82. The molecule has 0 unspecified atom stereocenters. The fourth-order valence-electron chi connectivity index (χ4n) is 2.14. The monoisotopic (exact) mass is 328 g/mol. The predicted octanol–water partition coefficient (Wildman–Crippen LogP) is 6.00. The van der Waals surface area contributed by atoms with Gasteiger partial charge in [-0.15, -0.1) is 11.8 Å². The van der Waals surface area contributed by atoms with Gasteiger partial charge in [-0.3, -0.25) is 4.79 Å². The van der Waals surface area contributed by atoms with Gasteiger partial charge in [0.15, 0.2) is 5.78 Å². The second-order valence-electron chi connectivity index (χ2n) is 5.33. The number of carbonyl (C=O) groups is 1. The summed E-state index contributed by atoms with van der Waals surface area (Å²) in [4.78, 5) is 13.3. The molecule has 1 nitrogen and oxygen atoms in total. The SMILES string of the molecule is CCCCCSc1ccc(C(=O)C=Cc2cccc(F)c2)cc1. The number of hydrogen-bond donors (Lipinski definition) is 0. The van der Waals surface area contributed by atoms with Crippen molar-refractivity contribution < 1.29 is 9.18 Å². The molecule has 0 spiro atoms. The Morgan fingerprint density at radius 3 is 2.61 bits per heavy atom. The third-order valence-corrected chi connectivity index (χ3v) is 4.53. The zero-order valence-electron chi connectivity index (χ0n) is 13.3. The fourth-order valence-corrected chi connectivity index (χ4v) is 3.05. The zero-order valence-corrected chi connectivity index (χ0v) is 14.1. The van der Waals surface area contributed by atoms with Gasteiger partial charge in [0.1, 0.15) is 5.82 Å². The van der Waals surface area contributed by atoms with Gasteiger partial charge in [-0.05, 0) is 60.2 Å². The highest BCUT2D eigenvalue weighted by Crippen LogP contribution is 2.20. The molecule has 0 radical (unpaired) electrons.